The zero-order valence-electron chi connectivity index (χ0n) is 15.5. The van der Waals surface area contributed by atoms with Crippen molar-refractivity contribution in [1.82, 2.24) is 20.0 Å². The van der Waals surface area contributed by atoms with Crippen LogP contribution in [0.25, 0.3) is 0 Å². The smallest absolute Gasteiger partial charge is 0.193 e. The van der Waals surface area contributed by atoms with Gasteiger partial charge in [0, 0.05) is 38.4 Å². The third-order valence-corrected chi connectivity index (χ3v) is 4.14. The minimum absolute atomic E-state index is 0.675. The van der Waals surface area contributed by atoms with Crippen LogP contribution in [-0.4, -0.2) is 40.8 Å². The molecule has 0 saturated heterocycles. The highest BCUT2D eigenvalue weighted by molar-refractivity contribution is 5.79. The van der Waals surface area contributed by atoms with E-state index in [0.29, 0.717) is 6.54 Å². The summed E-state index contributed by atoms with van der Waals surface area (Å²) in [5.74, 6) is 0.971. The fourth-order valence-electron chi connectivity index (χ4n) is 2.59. The summed E-state index contributed by atoms with van der Waals surface area (Å²) in [4.78, 5) is 7.02. The van der Waals surface area contributed by atoms with Crippen LogP contribution in [0.5, 0.6) is 0 Å². The standard InChI is InChI=1S/C18H33N5/c1-7-9-10-11-12-13-22(5)18(19-8-2)20-14-17-15(3)21-23(6)16(17)4/h7H,1,8-14H2,2-6H3,(H,19,20). The average molecular weight is 319 g/mol. The lowest BCUT2D eigenvalue weighted by atomic mass is 10.2. The molecule has 1 aromatic heterocycles. The number of guanidine groups is 1. The molecule has 130 valence electrons. The highest BCUT2D eigenvalue weighted by Crippen LogP contribution is 2.13. The molecule has 5 nitrogen and oxygen atoms in total. The summed E-state index contributed by atoms with van der Waals surface area (Å²) in [6, 6.07) is 0. The Hall–Kier alpha value is -1.78. The van der Waals surface area contributed by atoms with Crippen molar-refractivity contribution in [3.8, 4) is 0 Å². The molecule has 0 aliphatic carbocycles. The molecule has 1 N–H and O–H groups in total. The molecule has 0 fully saturated rings. The summed E-state index contributed by atoms with van der Waals surface area (Å²) in [5, 5.41) is 7.85. The fourth-order valence-corrected chi connectivity index (χ4v) is 2.59. The SMILES string of the molecule is C=CCCCCCN(C)C(=NCc1c(C)nn(C)c1C)NCC. The molecule has 0 unspecified atom stereocenters. The molecule has 1 heterocycles. The van der Waals surface area contributed by atoms with Gasteiger partial charge in [-0.15, -0.1) is 6.58 Å². The Morgan fingerprint density at radius 2 is 2.09 bits per heavy atom. The molecular weight excluding hydrogens is 286 g/mol. The molecule has 0 amide bonds. The van der Waals surface area contributed by atoms with E-state index in [1.54, 1.807) is 0 Å². The minimum atomic E-state index is 0.675. The summed E-state index contributed by atoms with van der Waals surface area (Å²) in [5.41, 5.74) is 3.48. The molecular formula is C18H33N5. The zero-order chi connectivity index (χ0) is 17.2. The minimum Gasteiger partial charge on any atom is -0.357 e. The predicted octanol–water partition coefficient (Wildman–Crippen LogP) is 3.18. The molecule has 0 atom stereocenters. The van der Waals surface area contributed by atoms with Gasteiger partial charge in [0.15, 0.2) is 5.96 Å². The van der Waals surface area contributed by atoms with Crippen molar-refractivity contribution in [2.24, 2.45) is 12.0 Å². The second-order valence-corrected chi connectivity index (χ2v) is 6.00. The highest BCUT2D eigenvalue weighted by atomic mass is 15.3. The van der Waals surface area contributed by atoms with Gasteiger partial charge in [-0.05, 0) is 40.0 Å². The maximum Gasteiger partial charge on any atom is 0.193 e. The van der Waals surface area contributed by atoms with E-state index in [0.717, 1.165) is 31.2 Å². The molecule has 1 aromatic rings. The van der Waals surface area contributed by atoms with E-state index in [2.05, 4.69) is 42.8 Å². The Bertz CT molecular complexity index is 516. The molecule has 0 aromatic carbocycles. The second kappa shape index (κ2) is 10.1. The van der Waals surface area contributed by atoms with E-state index in [9.17, 15) is 0 Å². The van der Waals surface area contributed by atoms with E-state index in [1.807, 2.05) is 24.7 Å². The molecule has 0 spiro atoms. The number of aromatic nitrogens is 2. The molecule has 23 heavy (non-hydrogen) atoms. The molecule has 0 radical (unpaired) electrons. The average Bonchev–Trinajstić information content (AvgIpc) is 2.76. The van der Waals surface area contributed by atoms with Gasteiger partial charge in [0.2, 0.25) is 0 Å². The van der Waals surface area contributed by atoms with Crippen LogP contribution in [0.1, 0.15) is 49.6 Å². The maximum absolute atomic E-state index is 4.80. The van der Waals surface area contributed by atoms with Crippen molar-refractivity contribution in [2.45, 2.75) is 53.0 Å². The number of nitrogens with one attached hydrogen (secondary N) is 1. The predicted molar refractivity (Wildman–Crippen MR) is 98.8 cm³/mol. The molecule has 0 bridgehead atoms. The van der Waals surface area contributed by atoms with E-state index in [-0.39, 0.29) is 0 Å². The van der Waals surface area contributed by atoms with Crippen molar-refractivity contribution < 1.29 is 0 Å². The quantitative estimate of drug-likeness (QED) is 0.329. The Kier molecular flexibility index (Phi) is 8.45. The van der Waals surface area contributed by atoms with Crippen LogP contribution >= 0.6 is 0 Å². The summed E-state index contributed by atoms with van der Waals surface area (Å²) in [7, 11) is 4.09. The van der Waals surface area contributed by atoms with Crippen molar-refractivity contribution in [3.63, 3.8) is 0 Å². The van der Waals surface area contributed by atoms with Crippen LogP contribution in [0.3, 0.4) is 0 Å². The van der Waals surface area contributed by atoms with E-state index >= 15 is 0 Å². The van der Waals surface area contributed by atoms with Crippen LogP contribution in [0.2, 0.25) is 0 Å². The number of nitrogens with zero attached hydrogens (tertiary/aromatic N) is 4. The van der Waals surface area contributed by atoms with Crippen LogP contribution in [-0.2, 0) is 13.6 Å². The highest BCUT2D eigenvalue weighted by Gasteiger charge is 2.10. The van der Waals surface area contributed by atoms with Crippen molar-refractivity contribution in [3.05, 3.63) is 29.6 Å². The van der Waals surface area contributed by atoms with Gasteiger partial charge in [-0.25, -0.2) is 4.99 Å². The number of hydrogen-bond acceptors (Lipinski definition) is 2. The largest absolute Gasteiger partial charge is 0.357 e. The van der Waals surface area contributed by atoms with Crippen LogP contribution in [0.15, 0.2) is 17.6 Å². The fraction of sp³-hybridized carbons (Fsp3) is 0.667. The van der Waals surface area contributed by atoms with Crippen molar-refractivity contribution >= 4 is 5.96 Å². The van der Waals surface area contributed by atoms with Gasteiger partial charge in [-0.1, -0.05) is 12.5 Å². The molecule has 0 aliphatic heterocycles. The van der Waals surface area contributed by atoms with Gasteiger partial charge in [-0.3, -0.25) is 4.68 Å². The lowest BCUT2D eigenvalue weighted by molar-refractivity contribution is 0.455. The van der Waals surface area contributed by atoms with Gasteiger partial charge in [0.25, 0.3) is 0 Å². The Morgan fingerprint density at radius 3 is 2.65 bits per heavy atom. The lowest BCUT2D eigenvalue weighted by Crippen LogP contribution is -2.39. The Morgan fingerprint density at radius 1 is 1.35 bits per heavy atom. The molecule has 5 heteroatoms. The van der Waals surface area contributed by atoms with E-state index < -0.39 is 0 Å². The first-order valence-electron chi connectivity index (χ1n) is 8.60. The first-order valence-corrected chi connectivity index (χ1v) is 8.60. The molecule has 0 aliphatic rings. The van der Waals surface area contributed by atoms with Crippen molar-refractivity contribution in [1.29, 1.82) is 0 Å². The van der Waals surface area contributed by atoms with E-state index in [4.69, 9.17) is 4.99 Å². The van der Waals surface area contributed by atoms with Gasteiger partial charge >= 0.3 is 0 Å². The summed E-state index contributed by atoms with van der Waals surface area (Å²) in [6.45, 7) is 12.6. The van der Waals surface area contributed by atoms with Crippen molar-refractivity contribution in [2.75, 3.05) is 20.1 Å². The zero-order valence-corrected chi connectivity index (χ0v) is 15.5. The summed E-state index contributed by atoms with van der Waals surface area (Å²) >= 11 is 0. The van der Waals surface area contributed by atoms with Crippen LogP contribution in [0, 0.1) is 13.8 Å². The normalized spacial score (nSPS) is 11.6. The van der Waals surface area contributed by atoms with Crippen LogP contribution in [0.4, 0.5) is 0 Å². The molecule has 0 saturated carbocycles. The first-order chi connectivity index (χ1) is 11.0. The van der Waals surface area contributed by atoms with Gasteiger partial charge in [0.1, 0.15) is 0 Å². The Balaban J connectivity index is 2.63. The lowest BCUT2D eigenvalue weighted by Gasteiger charge is -2.22. The summed E-state index contributed by atoms with van der Waals surface area (Å²) in [6.07, 6.45) is 6.74. The number of rotatable bonds is 9. The van der Waals surface area contributed by atoms with E-state index in [1.165, 1.54) is 30.5 Å². The third kappa shape index (κ3) is 6.08. The number of hydrogen-bond donors (Lipinski definition) is 1. The number of unbranched alkanes of at least 4 members (excludes halogenated alkanes) is 3. The Labute approximate surface area is 141 Å². The van der Waals surface area contributed by atoms with Gasteiger partial charge in [-0.2, -0.15) is 5.10 Å². The maximum atomic E-state index is 4.80. The third-order valence-electron chi connectivity index (χ3n) is 4.14. The number of allylic oxidation sites excluding steroid dienone is 1. The van der Waals surface area contributed by atoms with Gasteiger partial charge in [0.05, 0.1) is 12.2 Å². The van der Waals surface area contributed by atoms with Crippen LogP contribution < -0.4 is 5.32 Å². The topological polar surface area (TPSA) is 45.5 Å². The second-order valence-electron chi connectivity index (χ2n) is 6.00. The summed E-state index contributed by atoms with van der Waals surface area (Å²) < 4.78 is 1.93. The monoisotopic (exact) mass is 319 g/mol. The first kappa shape index (κ1) is 19.3. The molecule has 1 rings (SSSR count). The number of aliphatic imine (C=N–C) groups is 1. The number of aryl methyl sites for hydroxylation is 2. The van der Waals surface area contributed by atoms with Gasteiger partial charge < -0.3 is 10.2 Å².